The molecule has 0 aliphatic rings. The van der Waals surface area contributed by atoms with Crippen LogP contribution in [-0.2, 0) is 11.3 Å². The fraction of sp³-hybridized carbons (Fsp3) is 0.188. The topological polar surface area (TPSA) is 41.1 Å². The fourth-order valence-electron chi connectivity index (χ4n) is 1.97. The van der Waals surface area contributed by atoms with Gasteiger partial charge in [-0.25, -0.2) is 0 Å². The van der Waals surface area contributed by atoms with E-state index in [1.807, 2.05) is 43.3 Å². The molecular weight excluding hydrogens is 352 g/mol. The maximum absolute atomic E-state index is 11.1. The zero-order valence-electron chi connectivity index (χ0n) is 11.8. The maximum Gasteiger partial charge on any atom is 0.221 e. The van der Waals surface area contributed by atoms with E-state index in [9.17, 15) is 4.79 Å². The van der Waals surface area contributed by atoms with Crippen molar-refractivity contribution < 1.29 is 4.79 Å². The lowest BCUT2D eigenvalue weighted by molar-refractivity contribution is -0.114. The number of nitrogens with one attached hydrogen (secondary N) is 2. The molecule has 0 fully saturated rings. The van der Waals surface area contributed by atoms with E-state index in [-0.39, 0.29) is 5.91 Å². The lowest BCUT2D eigenvalue weighted by atomic mass is 10.1. The van der Waals surface area contributed by atoms with Crippen molar-refractivity contribution in [2.45, 2.75) is 20.4 Å². The highest BCUT2D eigenvalue weighted by Gasteiger charge is 2.04. The van der Waals surface area contributed by atoms with Crippen molar-refractivity contribution in [2.24, 2.45) is 0 Å². The molecule has 0 heterocycles. The standard InChI is InChI=1S/C16H16BrClN2O/c1-10-7-14(5-6-16(10)20-11(2)21)19-9-12-3-4-13(18)8-15(12)17/h3-8,19H,9H2,1-2H3,(H,20,21). The third-order valence-electron chi connectivity index (χ3n) is 3.04. The van der Waals surface area contributed by atoms with Crippen LogP contribution >= 0.6 is 27.5 Å². The molecule has 2 N–H and O–H groups in total. The summed E-state index contributed by atoms with van der Waals surface area (Å²) in [4.78, 5) is 11.1. The van der Waals surface area contributed by atoms with Gasteiger partial charge in [0.2, 0.25) is 5.91 Å². The van der Waals surface area contributed by atoms with Crippen molar-refractivity contribution >= 4 is 44.8 Å². The van der Waals surface area contributed by atoms with Crippen LogP contribution in [0.25, 0.3) is 0 Å². The highest BCUT2D eigenvalue weighted by Crippen LogP contribution is 2.24. The summed E-state index contributed by atoms with van der Waals surface area (Å²) < 4.78 is 0.981. The summed E-state index contributed by atoms with van der Waals surface area (Å²) in [6.45, 7) is 4.16. The molecule has 3 nitrogen and oxygen atoms in total. The molecule has 5 heteroatoms. The number of amides is 1. The van der Waals surface area contributed by atoms with E-state index in [4.69, 9.17) is 11.6 Å². The maximum atomic E-state index is 11.1. The van der Waals surface area contributed by atoms with Gasteiger partial charge in [-0.05, 0) is 48.4 Å². The molecule has 1 amide bonds. The molecule has 0 radical (unpaired) electrons. The van der Waals surface area contributed by atoms with E-state index in [2.05, 4.69) is 26.6 Å². The van der Waals surface area contributed by atoms with Gasteiger partial charge in [0.05, 0.1) is 0 Å². The molecule has 0 unspecified atom stereocenters. The minimum absolute atomic E-state index is 0.0658. The van der Waals surface area contributed by atoms with Crippen LogP contribution in [0.5, 0.6) is 0 Å². The van der Waals surface area contributed by atoms with Crippen molar-refractivity contribution in [2.75, 3.05) is 10.6 Å². The van der Waals surface area contributed by atoms with Gasteiger partial charge in [0.15, 0.2) is 0 Å². The monoisotopic (exact) mass is 366 g/mol. The molecule has 2 rings (SSSR count). The van der Waals surface area contributed by atoms with Gasteiger partial charge in [0.25, 0.3) is 0 Å². The van der Waals surface area contributed by atoms with Crippen LogP contribution in [0.3, 0.4) is 0 Å². The minimum Gasteiger partial charge on any atom is -0.381 e. The molecule has 0 atom stereocenters. The Hall–Kier alpha value is -1.52. The number of hydrogen-bond donors (Lipinski definition) is 2. The van der Waals surface area contributed by atoms with Crippen molar-refractivity contribution in [1.82, 2.24) is 0 Å². The fourth-order valence-corrected chi connectivity index (χ4v) is 2.79. The normalized spacial score (nSPS) is 10.3. The third kappa shape index (κ3) is 4.48. The van der Waals surface area contributed by atoms with Crippen molar-refractivity contribution in [3.8, 4) is 0 Å². The van der Waals surface area contributed by atoms with Gasteiger partial charge >= 0.3 is 0 Å². The van der Waals surface area contributed by atoms with Crippen molar-refractivity contribution in [3.63, 3.8) is 0 Å². The summed E-state index contributed by atoms with van der Waals surface area (Å²) in [5.41, 5.74) is 3.98. The average molecular weight is 368 g/mol. The number of aryl methyl sites for hydroxylation is 1. The Balaban J connectivity index is 2.06. The number of rotatable bonds is 4. The van der Waals surface area contributed by atoms with Crippen LogP contribution < -0.4 is 10.6 Å². The van der Waals surface area contributed by atoms with Gasteiger partial charge in [0.1, 0.15) is 0 Å². The predicted molar refractivity (Wildman–Crippen MR) is 92.0 cm³/mol. The first kappa shape index (κ1) is 15.9. The molecule has 0 bridgehead atoms. The zero-order chi connectivity index (χ0) is 15.4. The van der Waals surface area contributed by atoms with E-state index in [1.165, 1.54) is 6.92 Å². The molecule has 0 aromatic heterocycles. The van der Waals surface area contributed by atoms with E-state index in [0.29, 0.717) is 11.6 Å². The van der Waals surface area contributed by atoms with E-state index in [0.717, 1.165) is 27.0 Å². The number of carbonyl (C=O) groups is 1. The number of carbonyl (C=O) groups excluding carboxylic acids is 1. The second-order valence-corrected chi connectivity index (χ2v) is 6.09. The van der Waals surface area contributed by atoms with Crippen molar-refractivity contribution in [3.05, 3.63) is 57.0 Å². The molecule has 0 saturated carbocycles. The second-order valence-electron chi connectivity index (χ2n) is 4.80. The quantitative estimate of drug-likeness (QED) is 0.800. The van der Waals surface area contributed by atoms with Crippen LogP contribution in [0.1, 0.15) is 18.1 Å². The molecule has 0 aliphatic carbocycles. The Morgan fingerprint density at radius 1 is 1.24 bits per heavy atom. The Labute approximate surface area is 137 Å². The summed E-state index contributed by atoms with van der Waals surface area (Å²) in [5, 5.41) is 6.87. The van der Waals surface area contributed by atoms with Crippen LogP contribution in [-0.4, -0.2) is 5.91 Å². The highest BCUT2D eigenvalue weighted by atomic mass is 79.9. The second kappa shape index (κ2) is 6.96. The lowest BCUT2D eigenvalue weighted by Gasteiger charge is -2.12. The Bertz CT molecular complexity index is 673. The van der Waals surface area contributed by atoms with Gasteiger partial charge in [0, 0.05) is 34.3 Å². The predicted octanol–water partition coefficient (Wildman–Crippen LogP) is 4.98. The molecule has 0 spiro atoms. The SMILES string of the molecule is CC(=O)Nc1ccc(NCc2ccc(Cl)cc2Br)cc1C. The minimum atomic E-state index is -0.0658. The van der Waals surface area contributed by atoms with Crippen LogP contribution in [0.2, 0.25) is 5.02 Å². The molecule has 0 aliphatic heterocycles. The van der Waals surface area contributed by atoms with Gasteiger partial charge in [-0.15, -0.1) is 0 Å². The van der Waals surface area contributed by atoms with Crippen LogP contribution in [0, 0.1) is 6.92 Å². The number of anilines is 2. The largest absolute Gasteiger partial charge is 0.381 e. The average Bonchev–Trinajstić information content (AvgIpc) is 2.40. The summed E-state index contributed by atoms with van der Waals surface area (Å²) in [5.74, 6) is -0.0658. The first-order chi connectivity index (χ1) is 9.95. The van der Waals surface area contributed by atoms with E-state index in [1.54, 1.807) is 0 Å². The number of hydrogen-bond acceptors (Lipinski definition) is 2. The third-order valence-corrected chi connectivity index (χ3v) is 4.01. The van der Waals surface area contributed by atoms with Crippen LogP contribution in [0.4, 0.5) is 11.4 Å². The first-order valence-corrected chi connectivity index (χ1v) is 7.69. The summed E-state index contributed by atoms with van der Waals surface area (Å²) >= 11 is 9.43. The Kier molecular flexibility index (Phi) is 5.26. The summed E-state index contributed by atoms with van der Waals surface area (Å²) in [6, 6.07) is 11.6. The van der Waals surface area contributed by atoms with Gasteiger partial charge in [-0.3, -0.25) is 4.79 Å². The van der Waals surface area contributed by atoms with Crippen molar-refractivity contribution in [1.29, 1.82) is 0 Å². The van der Waals surface area contributed by atoms with Crippen LogP contribution in [0.15, 0.2) is 40.9 Å². The highest BCUT2D eigenvalue weighted by molar-refractivity contribution is 9.10. The molecule has 110 valence electrons. The number of halogens is 2. The zero-order valence-corrected chi connectivity index (χ0v) is 14.2. The van der Waals surface area contributed by atoms with E-state index < -0.39 is 0 Å². The van der Waals surface area contributed by atoms with E-state index >= 15 is 0 Å². The summed E-state index contributed by atoms with van der Waals surface area (Å²) in [7, 11) is 0. The van der Waals surface area contributed by atoms with Gasteiger partial charge < -0.3 is 10.6 Å². The van der Waals surface area contributed by atoms with Gasteiger partial charge in [-0.1, -0.05) is 33.6 Å². The molecule has 2 aromatic rings. The Morgan fingerprint density at radius 3 is 2.62 bits per heavy atom. The lowest BCUT2D eigenvalue weighted by Crippen LogP contribution is -2.07. The molecular formula is C16H16BrClN2O. The number of benzene rings is 2. The molecule has 2 aromatic carbocycles. The summed E-state index contributed by atoms with van der Waals surface area (Å²) in [6.07, 6.45) is 0. The molecule has 0 saturated heterocycles. The Morgan fingerprint density at radius 2 is 2.00 bits per heavy atom. The van der Waals surface area contributed by atoms with Gasteiger partial charge in [-0.2, -0.15) is 0 Å². The smallest absolute Gasteiger partial charge is 0.221 e. The first-order valence-electron chi connectivity index (χ1n) is 6.52. The molecule has 21 heavy (non-hydrogen) atoms.